The molecule has 20 heavy (non-hydrogen) atoms. The number of para-hydroxylation sites is 1. The first-order valence-electron chi connectivity index (χ1n) is 6.62. The number of fused-ring (bicyclic) bond motifs is 1. The van der Waals surface area contributed by atoms with Crippen LogP contribution in [0.15, 0.2) is 30.5 Å². The van der Waals surface area contributed by atoms with Crippen LogP contribution in [-0.4, -0.2) is 22.0 Å². The topological polar surface area (TPSA) is 53.1 Å². The van der Waals surface area contributed by atoms with Crippen molar-refractivity contribution in [3.8, 4) is 0 Å². The third-order valence-corrected chi connectivity index (χ3v) is 4.35. The molecule has 1 aliphatic carbocycles. The Bertz CT molecular complexity index is 653. The lowest BCUT2D eigenvalue weighted by Gasteiger charge is -2.37. The molecule has 1 aromatic carbocycles. The average molecular weight is 279 g/mol. The SMILES string of the molecule is O=C(O)C1(c2cccc3cc[nH]c23)CCC(F)(F)CC1. The molecule has 5 heteroatoms. The summed E-state index contributed by atoms with van der Waals surface area (Å²) < 4.78 is 26.8. The number of hydrogen-bond donors (Lipinski definition) is 2. The van der Waals surface area contributed by atoms with E-state index < -0.39 is 17.3 Å². The quantitative estimate of drug-likeness (QED) is 0.880. The minimum absolute atomic E-state index is 0.0343. The van der Waals surface area contributed by atoms with E-state index in [4.69, 9.17) is 0 Å². The Hall–Kier alpha value is -1.91. The molecular weight excluding hydrogens is 264 g/mol. The molecule has 3 nitrogen and oxygen atoms in total. The van der Waals surface area contributed by atoms with Crippen LogP contribution < -0.4 is 0 Å². The zero-order valence-corrected chi connectivity index (χ0v) is 10.8. The summed E-state index contributed by atoms with van der Waals surface area (Å²) in [6.45, 7) is 0. The van der Waals surface area contributed by atoms with Gasteiger partial charge in [-0.25, -0.2) is 8.78 Å². The molecule has 0 aliphatic heterocycles. The van der Waals surface area contributed by atoms with Crippen molar-refractivity contribution in [1.82, 2.24) is 4.98 Å². The van der Waals surface area contributed by atoms with Gasteiger partial charge in [-0.05, 0) is 29.9 Å². The number of carboxylic acids is 1. The number of aliphatic carboxylic acids is 1. The normalized spacial score (nSPS) is 20.9. The molecule has 0 atom stereocenters. The highest BCUT2D eigenvalue weighted by Gasteiger charge is 2.49. The Labute approximate surface area is 114 Å². The number of carbonyl (C=O) groups is 1. The van der Waals surface area contributed by atoms with Crippen molar-refractivity contribution in [2.75, 3.05) is 0 Å². The lowest BCUT2D eigenvalue weighted by atomic mass is 9.68. The molecule has 0 radical (unpaired) electrons. The molecule has 0 spiro atoms. The van der Waals surface area contributed by atoms with Crippen molar-refractivity contribution < 1.29 is 18.7 Å². The van der Waals surface area contributed by atoms with Gasteiger partial charge in [-0.1, -0.05) is 18.2 Å². The molecule has 2 aromatic rings. The molecular formula is C15H15F2NO2. The molecule has 1 heterocycles. The predicted octanol–water partition coefficient (Wildman–Crippen LogP) is 3.70. The van der Waals surface area contributed by atoms with Gasteiger partial charge in [-0.15, -0.1) is 0 Å². The van der Waals surface area contributed by atoms with Gasteiger partial charge in [0.2, 0.25) is 5.92 Å². The summed E-state index contributed by atoms with van der Waals surface area (Å²) in [5.41, 5.74) is 0.134. The second-order valence-corrected chi connectivity index (χ2v) is 5.49. The third-order valence-electron chi connectivity index (χ3n) is 4.35. The number of aromatic amines is 1. The maximum absolute atomic E-state index is 13.4. The van der Waals surface area contributed by atoms with E-state index in [0.717, 1.165) is 10.9 Å². The van der Waals surface area contributed by atoms with Gasteiger partial charge in [0, 0.05) is 24.6 Å². The van der Waals surface area contributed by atoms with Crippen molar-refractivity contribution in [2.24, 2.45) is 0 Å². The van der Waals surface area contributed by atoms with Crippen LogP contribution >= 0.6 is 0 Å². The average Bonchev–Trinajstić information content (AvgIpc) is 2.87. The fraction of sp³-hybridized carbons (Fsp3) is 0.400. The third kappa shape index (κ3) is 1.88. The van der Waals surface area contributed by atoms with E-state index in [-0.39, 0.29) is 25.7 Å². The number of carboxylic acid groups (broad SMARTS) is 1. The van der Waals surface area contributed by atoms with Crippen molar-refractivity contribution >= 4 is 16.9 Å². The minimum Gasteiger partial charge on any atom is -0.481 e. The van der Waals surface area contributed by atoms with E-state index in [0.29, 0.717) is 5.56 Å². The summed E-state index contributed by atoms with van der Waals surface area (Å²) in [6.07, 6.45) is 0.912. The Morgan fingerprint density at radius 3 is 2.50 bits per heavy atom. The first kappa shape index (κ1) is 13.1. The largest absolute Gasteiger partial charge is 0.481 e. The van der Waals surface area contributed by atoms with Crippen LogP contribution in [0.4, 0.5) is 8.78 Å². The van der Waals surface area contributed by atoms with Crippen molar-refractivity contribution in [3.05, 3.63) is 36.0 Å². The van der Waals surface area contributed by atoms with E-state index >= 15 is 0 Å². The van der Waals surface area contributed by atoms with Gasteiger partial charge >= 0.3 is 5.97 Å². The zero-order valence-electron chi connectivity index (χ0n) is 10.8. The Morgan fingerprint density at radius 1 is 1.15 bits per heavy atom. The zero-order chi connectivity index (χ0) is 14.4. The summed E-state index contributed by atoms with van der Waals surface area (Å²) in [7, 11) is 0. The smallest absolute Gasteiger partial charge is 0.314 e. The summed E-state index contributed by atoms with van der Waals surface area (Å²) in [6, 6.07) is 7.24. The molecule has 0 saturated heterocycles. The summed E-state index contributed by atoms with van der Waals surface area (Å²) >= 11 is 0. The highest BCUT2D eigenvalue weighted by Crippen LogP contribution is 2.47. The number of hydrogen-bond acceptors (Lipinski definition) is 1. The highest BCUT2D eigenvalue weighted by molar-refractivity contribution is 5.91. The van der Waals surface area contributed by atoms with E-state index in [2.05, 4.69) is 4.98 Å². The lowest BCUT2D eigenvalue weighted by molar-refractivity contribution is -0.149. The maximum Gasteiger partial charge on any atom is 0.314 e. The highest BCUT2D eigenvalue weighted by atomic mass is 19.3. The first-order valence-corrected chi connectivity index (χ1v) is 6.62. The Morgan fingerprint density at radius 2 is 1.85 bits per heavy atom. The molecule has 1 aromatic heterocycles. The summed E-state index contributed by atoms with van der Waals surface area (Å²) in [4.78, 5) is 14.8. The molecule has 0 unspecified atom stereocenters. The number of rotatable bonds is 2. The second-order valence-electron chi connectivity index (χ2n) is 5.49. The van der Waals surface area contributed by atoms with E-state index in [9.17, 15) is 18.7 Å². The molecule has 0 bridgehead atoms. The number of H-pyrrole nitrogens is 1. The molecule has 1 aliphatic rings. The lowest BCUT2D eigenvalue weighted by Crippen LogP contribution is -2.42. The monoisotopic (exact) mass is 279 g/mol. The minimum atomic E-state index is -2.75. The van der Waals surface area contributed by atoms with Gasteiger partial charge in [-0.3, -0.25) is 4.79 Å². The van der Waals surface area contributed by atoms with Gasteiger partial charge in [0.25, 0.3) is 0 Å². The molecule has 1 saturated carbocycles. The molecule has 106 valence electrons. The van der Waals surface area contributed by atoms with Crippen LogP contribution in [0.3, 0.4) is 0 Å². The number of benzene rings is 1. The van der Waals surface area contributed by atoms with Gasteiger partial charge in [0.1, 0.15) is 0 Å². The van der Waals surface area contributed by atoms with Crippen molar-refractivity contribution in [1.29, 1.82) is 0 Å². The van der Waals surface area contributed by atoms with Crippen LogP contribution in [-0.2, 0) is 10.2 Å². The summed E-state index contributed by atoms with van der Waals surface area (Å²) in [5, 5.41) is 10.6. The maximum atomic E-state index is 13.4. The number of alkyl halides is 2. The van der Waals surface area contributed by atoms with Crippen LogP contribution in [0.2, 0.25) is 0 Å². The Balaban J connectivity index is 2.12. The number of halogens is 2. The molecule has 2 N–H and O–H groups in total. The van der Waals surface area contributed by atoms with Gasteiger partial charge < -0.3 is 10.1 Å². The van der Waals surface area contributed by atoms with E-state index in [1.807, 2.05) is 12.1 Å². The molecule has 0 amide bonds. The number of aromatic nitrogens is 1. The fourth-order valence-corrected chi connectivity index (χ4v) is 3.12. The predicted molar refractivity (Wildman–Crippen MR) is 71.0 cm³/mol. The van der Waals surface area contributed by atoms with Gasteiger partial charge in [0.15, 0.2) is 0 Å². The van der Waals surface area contributed by atoms with Crippen LogP contribution in [0, 0.1) is 0 Å². The first-order chi connectivity index (χ1) is 9.45. The van der Waals surface area contributed by atoms with Crippen molar-refractivity contribution in [2.45, 2.75) is 37.0 Å². The standard InChI is InChI=1S/C15H15F2NO2/c16-15(17)7-5-14(6-8-15,13(19)20)11-3-1-2-10-4-9-18-12(10)11/h1-4,9,18H,5-8H2,(H,19,20). The van der Waals surface area contributed by atoms with E-state index in [1.54, 1.807) is 18.3 Å². The molecule has 1 fully saturated rings. The fourth-order valence-electron chi connectivity index (χ4n) is 3.12. The summed E-state index contributed by atoms with van der Waals surface area (Å²) in [5.74, 6) is -3.77. The van der Waals surface area contributed by atoms with Crippen LogP contribution in [0.25, 0.3) is 10.9 Å². The van der Waals surface area contributed by atoms with Crippen LogP contribution in [0.5, 0.6) is 0 Å². The number of nitrogens with one attached hydrogen (secondary N) is 1. The Kier molecular flexibility index (Phi) is 2.81. The van der Waals surface area contributed by atoms with Gasteiger partial charge in [0.05, 0.1) is 5.41 Å². The van der Waals surface area contributed by atoms with E-state index in [1.165, 1.54) is 0 Å². The molecule has 3 rings (SSSR count). The van der Waals surface area contributed by atoms with Crippen LogP contribution in [0.1, 0.15) is 31.2 Å². The van der Waals surface area contributed by atoms with Crippen molar-refractivity contribution in [3.63, 3.8) is 0 Å². The second kappa shape index (κ2) is 4.30. The van der Waals surface area contributed by atoms with Gasteiger partial charge in [-0.2, -0.15) is 0 Å².